The lowest BCUT2D eigenvalue weighted by atomic mass is 9.87. The van der Waals surface area contributed by atoms with Crippen molar-refractivity contribution >= 4 is 18.0 Å². The average molecular weight is 463 g/mol. The Bertz CT molecular complexity index is 1070. The van der Waals surface area contributed by atoms with Gasteiger partial charge < -0.3 is 20.1 Å². The van der Waals surface area contributed by atoms with E-state index in [2.05, 4.69) is 23.4 Å². The third-order valence-corrected chi connectivity index (χ3v) is 5.67. The van der Waals surface area contributed by atoms with Crippen LogP contribution in [-0.4, -0.2) is 53.7 Å². The van der Waals surface area contributed by atoms with E-state index in [1.54, 1.807) is 0 Å². The Morgan fingerprint density at radius 3 is 2.15 bits per heavy atom. The number of hydrogen-bond acceptors (Lipinski definition) is 4. The number of aliphatic carboxylic acids is 1. The van der Waals surface area contributed by atoms with Gasteiger partial charge in [0.25, 0.3) is 0 Å². The molecule has 1 atom stereocenters. The van der Waals surface area contributed by atoms with E-state index in [0.29, 0.717) is 0 Å². The maximum Gasteiger partial charge on any atom is 0.407 e. The molecule has 3 rings (SSSR count). The summed E-state index contributed by atoms with van der Waals surface area (Å²) < 4.78 is 5.58. The number of nitrogens with one attached hydrogen (secondary N) is 1. The van der Waals surface area contributed by atoms with Crippen molar-refractivity contribution in [1.29, 1.82) is 0 Å². The van der Waals surface area contributed by atoms with Gasteiger partial charge in [0.05, 0.1) is 6.54 Å². The number of carbonyl (C=O) groups is 3. The van der Waals surface area contributed by atoms with Crippen molar-refractivity contribution in [2.45, 2.75) is 39.2 Å². The third kappa shape index (κ3) is 5.96. The zero-order chi connectivity index (χ0) is 24.9. The molecule has 0 saturated carbocycles. The number of hydrogen-bond donors (Lipinski definition) is 2. The fourth-order valence-corrected chi connectivity index (χ4v) is 4.30. The number of carbonyl (C=O) groups excluding carboxylic acids is 2. The highest BCUT2D eigenvalue weighted by Gasteiger charge is 2.33. The lowest BCUT2D eigenvalue weighted by Gasteiger charge is -2.29. The summed E-state index contributed by atoms with van der Waals surface area (Å²) in [6.07, 6.45) is 4.87. The normalized spacial score (nSPS) is 13.2. The maximum atomic E-state index is 13.1. The summed E-state index contributed by atoms with van der Waals surface area (Å²) >= 11 is 0. The van der Waals surface area contributed by atoms with Crippen LogP contribution in [0.4, 0.5) is 4.79 Å². The number of terminal acetylenes is 1. The van der Waals surface area contributed by atoms with Gasteiger partial charge in [0.1, 0.15) is 19.2 Å². The molecule has 1 aliphatic carbocycles. The smallest absolute Gasteiger partial charge is 0.407 e. The number of fused-ring (bicyclic) bond motifs is 3. The van der Waals surface area contributed by atoms with Crippen LogP contribution < -0.4 is 5.32 Å². The molecule has 34 heavy (non-hydrogen) atoms. The Balaban J connectivity index is 1.73. The van der Waals surface area contributed by atoms with Crippen LogP contribution in [0.15, 0.2) is 48.5 Å². The van der Waals surface area contributed by atoms with E-state index in [1.807, 2.05) is 57.2 Å². The zero-order valence-electron chi connectivity index (χ0n) is 19.7. The largest absolute Gasteiger partial charge is 0.480 e. The van der Waals surface area contributed by atoms with Crippen LogP contribution >= 0.6 is 0 Å². The minimum absolute atomic E-state index is 0.111. The van der Waals surface area contributed by atoms with E-state index in [9.17, 15) is 14.4 Å². The van der Waals surface area contributed by atoms with Crippen molar-refractivity contribution < 1.29 is 24.2 Å². The first-order valence-corrected chi connectivity index (χ1v) is 11.2. The Kier molecular flexibility index (Phi) is 7.62. The van der Waals surface area contributed by atoms with Crippen LogP contribution in [0, 0.1) is 17.8 Å². The summed E-state index contributed by atoms with van der Waals surface area (Å²) in [5, 5.41) is 11.8. The number of rotatable bonds is 8. The van der Waals surface area contributed by atoms with E-state index in [-0.39, 0.29) is 30.9 Å². The molecule has 0 fully saturated rings. The van der Waals surface area contributed by atoms with E-state index < -0.39 is 30.6 Å². The molecule has 0 heterocycles. The monoisotopic (exact) mass is 462 g/mol. The quantitative estimate of drug-likeness (QED) is 0.581. The minimum atomic E-state index is -1.18. The SMILES string of the molecule is C#CCN(CC(=O)O)C(=O)C(CC(C)(C)C)NC(=O)OCC1c2ccccc2-c2ccccc21. The van der Waals surface area contributed by atoms with Crippen LogP contribution in [-0.2, 0) is 14.3 Å². The Hall–Kier alpha value is -3.79. The molecule has 0 aromatic heterocycles. The van der Waals surface area contributed by atoms with Crippen LogP contribution in [0.5, 0.6) is 0 Å². The van der Waals surface area contributed by atoms with Crippen LogP contribution in [0.25, 0.3) is 11.1 Å². The highest BCUT2D eigenvalue weighted by molar-refractivity contribution is 5.88. The van der Waals surface area contributed by atoms with Gasteiger partial charge in [0.15, 0.2) is 0 Å². The highest BCUT2D eigenvalue weighted by Crippen LogP contribution is 2.44. The van der Waals surface area contributed by atoms with Crippen LogP contribution in [0.3, 0.4) is 0 Å². The molecule has 0 radical (unpaired) electrons. The molecule has 0 spiro atoms. The maximum absolute atomic E-state index is 13.1. The van der Waals surface area contributed by atoms with E-state index >= 15 is 0 Å². The number of nitrogens with zero attached hydrogens (tertiary/aromatic N) is 1. The fourth-order valence-electron chi connectivity index (χ4n) is 4.30. The molecule has 178 valence electrons. The number of ether oxygens (including phenoxy) is 1. The second-order valence-corrected chi connectivity index (χ2v) is 9.58. The Labute approximate surface area is 200 Å². The molecule has 0 aliphatic heterocycles. The first-order valence-electron chi connectivity index (χ1n) is 11.2. The lowest BCUT2D eigenvalue weighted by molar-refractivity contribution is -0.145. The van der Waals surface area contributed by atoms with Gasteiger partial charge in [0.2, 0.25) is 5.91 Å². The van der Waals surface area contributed by atoms with Gasteiger partial charge in [-0.25, -0.2) is 4.79 Å². The number of benzene rings is 2. The van der Waals surface area contributed by atoms with Crippen molar-refractivity contribution in [2.24, 2.45) is 5.41 Å². The third-order valence-electron chi connectivity index (χ3n) is 5.67. The predicted molar refractivity (Wildman–Crippen MR) is 129 cm³/mol. The summed E-state index contributed by atoms with van der Waals surface area (Å²) in [5.74, 6) is 0.459. The first kappa shape index (κ1) is 24.8. The summed E-state index contributed by atoms with van der Waals surface area (Å²) in [4.78, 5) is 38.1. The number of carboxylic acid groups (broad SMARTS) is 1. The molecular weight excluding hydrogens is 432 g/mol. The number of alkyl carbamates (subject to hydrolysis) is 1. The molecule has 2 aromatic carbocycles. The van der Waals surface area contributed by atoms with Gasteiger partial charge in [-0.05, 0) is 34.1 Å². The fraction of sp³-hybridized carbons (Fsp3) is 0.370. The number of amides is 2. The molecule has 1 unspecified atom stereocenters. The molecule has 7 nitrogen and oxygen atoms in total. The van der Waals surface area contributed by atoms with Crippen molar-refractivity contribution in [3.8, 4) is 23.5 Å². The van der Waals surface area contributed by atoms with Crippen LogP contribution in [0.2, 0.25) is 0 Å². The van der Waals surface area contributed by atoms with Gasteiger partial charge in [-0.1, -0.05) is 75.2 Å². The Morgan fingerprint density at radius 2 is 1.65 bits per heavy atom. The van der Waals surface area contributed by atoms with Crippen molar-refractivity contribution in [2.75, 3.05) is 19.7 Å². The summed E-state index contributed by atoms with van der Waals surface area (Å²) in [5.41, 5.74) is 4.08. The van der Waals surface area contributed by atoms with Gasteiger partial charge >= 0.3 is 12.1 Å². The van der Waals surface area contributed by atoms with E-state index in [4.69, 9.17) is 16.3 Å². The van der Waals surface area contributed by atoms with Gasteiger partial charge in [-0.15, -0.1) is 6.42 Å². The van der Waals surface area contributed by atoms with Crippen molar-refractivity contribution in [1.82, 2.24) is 10.2 Å². The lowest BCUT2D eigenvalue weighted by Crippen LogP contribution is -2.51. The second-order valence-electron chi connectivity index (χ2n) is 9.58. The van der Waals surface area contributed by atoms with E-state index in [1.165, 1.54) is 0 Å². The van der Waals surface area contributed by atoms with Crippen LogP contribution in [0.1, 0.15) is 44.2 Å². The molecule has 1 aliphatic rings. The number of carboxylic acids is 1. The predicted octanol–water partition coefficient (Wildman–Crippen LogP) is 3.88. The minimum Gasteiger partial charge on any atom is -0.480 e. The average Bonchev–Trinajstić information content (AvgIpc) is 3.09. The van der Waals surface area contributed by atoms with Gasteiger partial charge in [-0.3, -0.25) is 9.59 Å². The molecule has 0 bridgehead atoms. The molecule has 2 amide bonds. The molecule has 2 aromatic rings. The Morgan fingerprint density at radius 1 is 1.09 bits per heavy atom. The molecular formula is C27H30N2O5. The molecule has 2 N–H and O–H groups in total. The summed E-state index contributed by atoms with van der Waals surface area (Å²) in [6, 6.07) is 15.1. The van der Waals surface area contributed by atoms with Crippen molar-refractivity contribution in [3.05, 3.63) is 59.7 Å². The van der Waals surface area contributed by atoms with Gasteiger partial charge in [-0.2, -0.15) is 0 Å². The van der Waals surface area contributed by atoms with Gasteiger partial charge in [0, 0.05) is 5.92 Å². The summed E-state index contributed by atoms with van der Waals surface area (Å²) in [6.45, 7) is 5.17. The highest BCUT2D eigenvalue weighted by atomic mass is 16.5. The van der Waals surface area contributed by atoms with Crippen molar-refractivity contribution in [3.63, 3.8) is 0 Å². The second kappa shape index (κ2) is 10.4. The standard InChI is InChI=1S/C27H30N2O5/c1-5-14-29(16-24(30)31)25(32)23(15-27(2,3)4)28-26(33)34-17-22-20-12-8-6-10-18(20)19-11-7-9-13-21(19)22/h1,6-13,22-23H,14-17H2,2-4H3,(H,28,33)(H,30,31). The summed E-state index contributed by atoms with van der Waals surface area (Å²) in [7, 11) is 0. The molecule has 0 saturated heterocycles. The zero-order valence-corrected chi connectivity index (χ0v) is 19.7. The topological polar surface area (TPSA) is 95.9 Å². The van der Waals surface area contributed by atoms with E-state index in [0.717, 1.165) is 27.2 Å². The molecule has 7 heteroatoms. The first-order chi connectivity index (χ1) is 16.1.